The van der Waals surface area contributed by atoms with Crippen molar-refractivity contribution in [1.29, 1.82) is 0 Å². The number of aryl methyl sites for hydroxylation is 2. The Hall–Kier alpha value is -6.82. The summed E-state index contributed by atoms with van der Waals surface area (Å²) in [6, 6.07) is 24.8. The SMILES string of the molecule is CNC(=O)c1ccc(N2CCN(C(=O)CCc3nc4ccccc4c(=O)[nH]3)CC2)c(Cl)c1.CNC(=O)c1ccc(N2CCNCC2)c(Cl)c1.O=C(O)CCc1nc2ccccc2c(=O)[nH]1. The number of aromatic amines is 2. The third kappa shape index (κ3) is 12.7. The molecule has 0 aliphatic carbocycles. The van der Waals surface area contributed by atoms with E-state index in [0.29, 0.717) is 87.2 Å². The van der Waals surface area contributed by atoms with Crippen LogP contribution in [0.5, 0.6) is 0 Å². The molecule has 0 radical (unpaired) electrons. The predicted molar refractivity (Wildman–Crippen MR) is 253 cm³/mol. The van der Waals surface area contributed by atoms with Crippen molar-refractivity contribution >= 4 is 80.1 Å². The standard InChI is InChI=1S/C23H24ClN5O3.C12H16ClN3O.C11H10N2O3/c1-25-22(31)15-6-7-19(17(24)14-15)28-10-12-29(13-11-28)21(30)9-8-20-26-18-5-3-2-4-16(18)23(32)27-20;1-14-12(17)9-2-3-11(10(13)8-9)16-6-4-15-5-7-16;14-10(15)6-5-9-12-8-4-2-1-3-7(8)11(16)13-9/h2-7,14H,8-13H2,1H3,(H,25,31)(H,26,27,32);2-3,8,15H,4-7H2,1H3,(H,14,17);1-4H,5-6H2,(H,14,15)(H,12,13,16). The van der Waals surface area contributed by atoms with Gasteiger partial charge in [-0.25, -0.2) is 9.97 Å². The van der Waals surface area contributed by atoms with Crippen LogP contribution in [0, 0.1) is 0 Å². The lowest BCUT2D eigenvalue weighted by molar-refractivity contribution is -0.137. The van der Waals surface area contributed by atoms with Crippen molar-refractivity contribution in [2.45, 2.75) is 25.7 Å². The number of nitrogens with zero attached hydrogens (tertiary/aromatic N) is 5. The number of para-hydroxylation sites is 2. The molecule has 8 rings (SSSR count). The van der Waals surface area contributed by atoms with E-state index in [4.69, 9.17) is 28.3 Å². The van der Waals surface area contributed by atoms with Gasteiger partial charge in [0.15, 0.2) is 0 Å². The topological polar surface area (TPSA) is 226 Å². The van der Waals surface area contributed by atoms with E-state index in [9.17, 15) is 28.8 Å². The minimum Gasteiger partial charge on any atom is -0.481 e. The van der Waals surface area contributed by atoms with Gasteiger partial charge in [-0.1, -0.05) is 47.5 Å². The monoisotopic (exact) mass is 924 g/mol. The number of aromatic nitrogens is 4. The number of hydrogen-bond acceptors (Lipinski definition) is 11. The molecule has 2 aromatic heterocycles. The molecule has 6 aromatic rings. The van der Waals surface area contributed by atoms with Crippen LogP contribution in [0.25, 0.3) is 21.8 Å². The largest absolute Gasteiger partial charge is 0.481 e. The Kier molecular flexibility index (Phi) is 16.6. The van der Waals surface area contributed by atoms with Gasteiger partial charge in [0.05, 0.1) is 49.6 Å². The quantitative estimate of drug-likeness (QED) is 0.113. The van der Waals surface area contributed by atoms with E-state index >= 15 is 0 Å². The maximum atomic E-state index is 12.7. The molecule has 17 nitrogen and oxygen atoms in total. The molecule has 2 fully saturated rings. The second-order valence-corrected chi connectivity index (χ2v) is 15.9. The van der Waals surface area contributed by atoms with Crippen molar-refractivity contribution in [2.24, 2.45) is 0 Å². The predicted octanol–water partition coefficient (Wildman–Crippen LogP) is 4.27. The first kappa shape index (κ1) is 47.7. The summed E-state index contributed by atoms with van der Waals surface area (Å²) >= 11 is 12.6. The van der Waals surface area contributed by atoms with E-state index in [-0.39, 0.29) is 48.1 Å². The van der Waals surface area contributed by atoms with Crippen LogP contribution < -0.4 is 36.9 Å². The van der Waals surface area contributed by atoms with Crippen molar-refractivity contribution in [1.82, 2.24) is 40.8 Å². The molecule has 0 bridgehead atoms. The lowest BCUT2D eigenvalue weighted by Gasteiger charge is -2.36. The van der Waals surface area contributed by atoms with Gasteiger partial charge in [-0.3, -0.25) is 28.8 Å². The van der Waals surface area contributed by atoms with Crippen molar-refractivity contribution < 1.29 is 24.3 Å². The zero-order chi connectivity index (χ0) is 46.5. The summed E-state index contributed by atoms with van der Waals surface area (Å²) in [4.78, 5) is 90.3. The van der Waals surface area contributed by atoms with Gasteiger partial charge < -0.3 is 45.7 Å². The number of amides is 3. The Labute approximate surface area is 384 Å². The molecule has 19 heteroatoms. The molecular weight excluding hydrogens is 875 g/mol. The Morgan fingerprint density at radius 3 is 1.52 bits per heavy atom. The molecule has 2 saturated heterocycles. The Bertz CT molecular complexity index is 2790. The number of piperazine rings is 2. The number of aliphatic carboxylic acids is 1. The normalized spacial score (nSPS) is 13.6. The Morgan fingerprint density at radius 1 is 0.631 bits per heavy atom. The summed E-state index contributed by atoms with van der Waals surface area (Å²) in [6.45, 7) is 6.27. The van der Waals surface area contributed by atoms with Crippen molar-refractivity contribution in [3.63, 3.8) is 0 Å². The fraction of sp³-hybridized carbons (Fsp3) is 0.304. The Morgan fingerprint density at radius 2 is 1.08 bits per heavy atom. The molecule has 0 unspecified atom stereocenters. The summed E-state index contributed by atoms with van der Waals surface area (Å²) in [7, 11) is 3.19. The number of carbonyl (C=O) groups excluding carboxylic acids is 3. The van der Waals surface area contributed by atoms with E-state index in [1.54, 1.807) is 74.8 Å². The molecule has 0 atom stereocenters. The zero-order valence-electron chi connectivity index (χ0n) is 36.0. The van der Waals surface area contributed by atoms with Crippen LogP contribution in [0.1, 0.15) is 45.2 Å². The van der Waals surface area contributed by atoms with Gasteiger partial charge in [-0.2, -0.15) is 0 Å². The van der Waals surface area contributed by atoms with Gasteiger partial charge in [-0.05, 0) is 60.7 Å². The van der Waals surface area contributed by atoms with Gasteiger partial charge in [0.1, 0.15) is 11.6 Å². The molecule has 65 heavy (non-hydrogen) atoms. The summed E-state index contributed by atoms with van der Waals surface area (Å²) < 4.78 is 0. The number of hydrogen-bond donors (Lipinski definition) is 6. The van der Waals surface area contributed by atoms with Gasteiger partial charge in [0.2, 0.25) is 5.91 Å². The van der Waals surface area contributed by atoms with Gasteiger partial charge in [0, 0.05) is 96.8 Å². The second kappa shape index (κ2) is 22.7. The van der Waals surface area contributed by atoms with Gasteiger partial charge in [-0.15, -0.1) is 0 Å². The second-order valence-electron chi connectivity index (χ2n) is 15.0. The van der Waals surface area contributed by atoms with Gasteiger partial charge >= 0.3 is 5.97 Å². The number of nitrogens with one attached hydrogen (secondary N) is 5. The van der Waals surface area contributed by atoms with Crippen LogP contribution in [-0.2, 0) is 22.4 Å². The van der Waals surface area contributed by atoms with E-state index < -0.39 is 5.97 Å². The highest BCUT2D eigenvalue weighted by Gasteiger charge is 2.23. The maximum absolute atomic E-state index is 12.7. The number of halogens is 2. The molecule has 4 heterocycles. The number of carboxylic acids is 1. The average Bonchev–Trinajstić information content (AvgIpc) is 3.32. The highest BCUT2D eigenvalue weighted by Crippen LogP contribution is 2.29. The third-order valence-corrected chi connectivity index (χ3v) is 11.4. The molecule has 2 aliphatic rings. The average molecular weight is 926 g/mol. The number of anilines is 2. The molecule has 3 amide bonds. The van der Waals surface area contributed by atoms with E-state index in [2.05, 4.69) is 45.7 Å². The number of carbonyl (C=O) groups is 4. The number of carboxylic acid groups (broad SMARTS) is 1. The molecule has 340 valence electrons. The first-order valence-corrected chi connectivity index (χ1v) is 21.8. The maximum Gasteiger partial charge on any atom is 0.303 e. The summed E-state index contributed by atoms with van der Waals surface area (Å²) in [5.41, 5.74) is 3.76. The molecule has 4 aromatic carbocycles. The third-order valence-electron chi connectivity index (χ3n) is 10.8. The number of rotatable bonds is 10. The first-order chi connectivity index (χ1) is 31.3. The fourth-order valence-electron chi connectivity index (χ4n) is 7.32. The smallest absolute Gasteiger partial charge is 0.303 e. The van der Waals surface area contributed by atoms with Crippen LogP contribution in [0.2, 0.25) is 10.0 Å². The van der Waals surface area contributed by atoms with Crippen LogP contribution >= 0.6 is 23.2 Å². The molecule has 6 N–H and O–H groups in total. The van der Waals surface area contributed by atoms with Crippen molar-refractivity contribution in [3.8, 4) is 0 Å². The Balaban J connectivity index is 0.000000178. The highest BCUT2D eigenvalue weighted by atomic mass is 35.5. The van der Waals surface area contributed by atoms with Crippen LogP contribution in [0.15, 0.2) is 94.5 Å². The molecular formula is C46H50Cl2N10O7. The lowest BCUT2D eigenvalue weighted by Crippen LogP contribution is -2.49. The number of H-pyrrole nitrogens is 2. The van der Waals surface area contributed by atoms with Crippen molar-refractivity contribution in [2.75, 3.05) is 76.3 Å². The van der Waals surface area contributed by atoms with E-state index in [0.717, 1.165) is 37.6 Å². The van der Waals surface area contributed by atoms with E-state index in [1.807, 2.05) is 29.2 Å². The van der Waals surface area contributed by atoms with Crippen LogP contribution in [0.3, 0.4) is 0 Å². The van der Waals surface area contributed by atoms with E-state index in [1.165, 1.54) is 0 Å². The summed E-state index contributed by atoms with van der Waals surface area (Å²) in [6.07, 6.45) is 0.853. The number of benzene rings is 4. The minimum atomic E-state index is -0.907. The van der Waals surface area contributed by atoms with Crippen LogP contribution in [-0.4, -0.2) is 120 Å². The molecule has 2 aliphatic heterocycles. The molecule has 0 spiro atoms. The lowest BCUT2D eigenvalue weighted by atomic mass is 10.1. The highest BCUT2D eigenvalue weighted by molar-refractivity contribution is 6.34. The molecule has 0 saturated carbocycles. The first-order valence-electron chi connectivity index (χ1n) is 21.0. The van der Waals surface area contributed by atoms with Gasteiger partial charge in [0.25, 0.3) is 22.9 Å². The number of fused-ring (bicyclic) bond motifs is 2. The fourth-order valence-corrected chi connectivity index (χ4v) is 7.92. The zero-order valence-corrected chi connectivity index (χ0v) is 37.5. The van der Waals surface area contributed by atoms with Crippen LogP contribution in [0.4, 0.5) is 11.4 Å². The summed E-state index contributed by atoms with van der Waals surface area (Å²) in [5, 5.41) is 19.2. The summed E-state index contributed by atoms with van der Waals surface area (Å²) in [5.74, 6) is -0.248. The van der Waals surface area contributed by atoms with Crippen molar-refractivity contribution in [3.05, 3.63) is 138 Å². The minimum absolute atomic E-state index is 0.0292.